The molecule has 2 heterocycles. The molecule has 0 bridgehead atoms. The van der Waals surface area contributed by atoms with Crippen LogP contribution in [0.5, 0.6) is 11.5 Å². The molecular formula is C21H19Cl2N5O2. The molecule has 0 unspecified atom stereocenters. The molecule has 2 aromatic carbocycles. The van der Waals surface area contributed by atoms with Crippen molar-refractivity contribution >= 4 is 34.8 Å². The Morgan fingerprint density at radius 2 is 1.83 bits per heavy atom. The largest absolute Gasteiger partial charge is 0.493 e. The average Bonchev–Trinajstić information content (AvgIpc) is 3.21. The first-order valence-corrected chi connectivity index (χ1v) is 9.87. The van der Waals surface area contributed by atoms with Gasteiger partial charge in [-0.05, 0) is 47.9 Å². The summed E-state index contributed by atoms with van der Waals surface area (Å²) in [4.78, 5) is 8.60. The molecule has 0 fully saturated rings. The number of fused-ring (bicyclic) bond motifs is 1. The maximum absolute atomic E-state index is 6.43. The number of ether oxygens (including phenoxy) is 2. The minimum Gasteiger partial charge on any atom is -0.493 e. The van der Waals surface area contributed by atoms with E-state index in [1.54, 1.807) is 31.0 Å². The summed E-state index contributed by atoms with van der Waals surface area (Å²) in [6, 6.07) is 9.30. The maximum Gasteiger partial charge on any atom is 0.254 e. The molecule has 0 spiro atoms. The highest BCUT2D eigenvalue weighted by Gasteiger charge is 2.16. The van der Waals surface area contributed by atoms with Crippen LogP contribution in [0, 0.1) is 6.92 Å². The van der Waals surface area contributed by atoms with Crippen molar-refractivity contribution in [2.75, 3.05) is 19.5 Å². The zero-order valence-corrected chi connectivity index (χ0v) is 18.1. The van der Waals surface area contributed by atoms with Gasteiger partial charge in [0.15, 0.2) is 11.5 Å². The summed E-state index contributed by atoms with van der Waals surface area (Å²) in [5.41, 5.74) is 3.66. The zero-order chi connectivity index (χ0) is 21.3. The Morgan fingerprint density at radius 3 is 2.57 bits per heavy atom. The smallest absolute Gasteiger partial charge is 0.254 e. The number of nitrogens with one attached hydrogen (secondary N) is 1. The zero-order valence-electron chi connectivity index (χ0n) is 16.6. The molecule has 0 amide bonds. The Kier molecular flexibility index (Phi) is 5.65. The molecule has 154 valence electrons. The van der Waals surface area contributed by atoms with E-state index in [1.807, 2.05) is 31.2 Å². The number of benzene rings is 2. The standard InChI is InChI=1S/C21H19Cl2N5O2/c1-12-6-14(22)8-17(23)15(12)9-24-20-16(10-25-21-26-11-27-28(20)21)13-4-5-18(29-2)19(7-13)30-3/h4-8,10-11,24H,9H2,1-3H3. The molecule has 0 saturated heterocycles. The fraction of sp³-hybridized carbons (Fsp3) is 0.190. The van der Waals surface area contributed by atoms with Crippen molar-refractivity contribution in [1.82, 2.24) is 19.6 Å². The summed E-state index contributed by atoms with van der Waals surface area (Å²) in [7, 11) is 3.21. The van der Waals surface area contributed by atoms with Gasteiger partial charge in [-0.2, -0.15) is 14.6 Å². The fourth-order valence-corrected chi connectivity index (χ4v) is 3.95. The minimum absolute atomic E-state index is 0.473. The number of aromatic nitrogens is 4. The van der Waals surface area contributed by atoms with Crippen LogP contribution in [-0.4, -0.2) is 33.8 Å². The summed E-state index contributed by atoms with van der Waals surface area (Å²) in [6.45, 7) is 2.45. The van der Waals surface area contributed by atoms with Crippen molar-refractivity contribution < 1.29 is 9.47 Å². The third kappa shape index (κ3) is 3.74. The van der Waals surface area contributed by atoms with Gasteiger partial charge in [-0.25, -0.2) is 4.98 Å². The van der Waals surface area contributed by atoms with Crippen LogP contribution in [0.2, 0.25) is 10.0 Å². The number of rotatable bonds is 6. The minimum atomic E-state index is 0.473. The molecule has 0 aliphatic heterocycles. The molecule has 9 heteroatoms. The molecule has 2 aromatic heterocycles. The van der Waals surface area contributed by atoms with E-state index in [9.17, 15) is 0 Å². The summed E-state index contributed by atoms with van der Waals surface area (Å²) >= 11 is 12.5. The first kappa shape index (κ1) is 20.3. The number of anilines is 1. The second kappa shape index (κ2) is 8.38. The summed E-state index contributed by atoms with van der Waals surface area (Å²) in [5.74, 6) is 2.49. The van der Waals surface area contributed by atoms with Crippen LogP contribution >= 0.6 is 23.2 Å². The molecule has 0 radical (unpaired) electrons. The summed E-state index contributed by atoms with van der Waals surface area (Å²) in [6.07, 6.45) is 3.22. The summed E-state index contributed by atoms with van der Waals surface area (Å²) in [5, 5.41) is 8.98. The van der Waals surface area contributed by atoms with Gasteiger partial charge in [0, 0.05) is 28.4 Å². The van der Waals surface area contributed by atoms with Crippen molar-refractivity contribution in [1.29, 1.82) is 0 Å². The van der Waals surface area contributed by atoms with E-state index in [2.05, 4.69) is 20.4 Å². The quantitative estimate of drug-likeness (QED) is 0.450. The molecule has 0 atom stereocenters. The lowest BCUT2D eigenvalue weighted by atomic mass is 10.1. The van der Waals surface area contributed by atoms with E-state index >= 15 is 0 Å². The number of halogens is 2. The van der Waals surface area contributed by atoms with E-state index in [1.165, 1.54) is 6.33 Å². The van der Waals surface area contributed by atoms with Crippen LogP contribution in [0.4, 0.5) is 5.82 Å². The maximum atomic E-state index is 6.43. The normalized spacial score (nSPS) is 11.0. The van der Waals surface area contributed by atoms with Gasteiger partial charge in [0.1, 0.15) is 12.1 Å². The van der Waals surface area contributed by atoms with Gasteiger partial charge in [0.05, 0.1) is 14.2 Å². The van der Waals surface area contributed by atoms with E-state index in [4.69, 9.17) is 32.7 Å². The monoisotopic (exact) mass is 443 g/mol. The number of hydrogen-bond donors (Lipinski definition) is 1. The lowest BCUT2D eigenvalue weighted by Crippen LogP contribution is -2.09. The number of hydrogen-bond acceptors (Lipinski definition) is 6. The molecular weight excluding hydrogens is 425 g/mol. The third-order valence-corrected chi connectivity index (χ3v) is 5.37. The Labute approximate surface area is 183 Å². The van der Waals surface area contributed by atoms with Crippen molar-refractivity contribution in [3.63, 3.8) is 0 Å². The van der Waals surface area contributed by atoms with Crippen LogP contribution in [0.25, 0.3) is 16.9 Å². The van der Waals surface area contributed by atoms with Crippen LogP contribution in [0.1, 0.15) is 11.1 Å². The topological polar surface area (TPSA) is 73.6 Å². The van der Waals surface area contributed by atoms with Crippen molar-refractivity contribution in [2.45, 2.75) is 13.5 Å². The van der Waals surface area contributed by atoms with Gasteiger partial charge < -0.3 is 14.8 Å². The SMILES string of the molecule is COc1ccc(-c2cnc3ncnn3c2NCc2c(C)cc(Cl)cc2Cl)cc1OC. The van der Waals surface area contributed by atoms with Gasteiger partial charge >= 0.3 is 0 Å². The molecule has 0 aliphatic rings. The predicted molar refractivity (Wildman–Crippen MR) is 118 cm³/mol. The molecule has 30 heavy (non-hydrogen) atoms. The van der Waals surface area contributed by atoms with Gasteiger partial charge in [0.2, 0.25) is 0 Å². The van der Waals surface area contributed by atoms with Crippen LogP contribution in [0.15, 0.2) is 42.9 Å². The third-order valence-electron chi connectivity index (χ3n) is 4.82. The Morgan fingerprint density at radius 1 is 1.03 bits per heavy atom. The van der Waals surface area contributed by atoms with Crippen molar-refractivity contribution in [3.05, 3.63) is 64.0 Å². The molecule has 4 aromatic rings. The van der Waals surface area contributed by atoms with Crippen molar-refractivity contribution in [3.8, 4) is 22.6 Å². The van der Waals surface area contributed by atoms with E-state index in [-0.39, 0.29) is 0 Å². The highest BCUT2D eigenvalue weighted by atomic mass is 35.5. The first-order valence-electron chi connectivity index (χ1n) is 9.11. The Balaban J connectivity index is 1.79. The lowest BCUT2D eigenvalue weighted by molar-refractivity contribution is 0.355. The second-order valence-corrected chi connectivity index (χ2v) is 7.44. The summed E-state index contributed by atoms with van der Waals surface area (Å²) < 4.78 is 12.5. The first-order chi connectivity index (χ1) is 14.5. The number of aryl methyl sites for hydroxylation is 1. The predicted octanol–water partition coefficient (Wildman–Crippen LogP) is 5.04. The number of nitrogens with zero attached hydrogens (tertiary/aromatic N) is 4. The molecule has 4 rings (SSSR count). The van der Waals surface area contributed by atoms with Crippen LogP contribution in [0.3, 0.4) is 0 Å². The van der Waals surface area contributed by atoms with E-state index in [0.29, 0.717) is 33.9 Å². The second-order valence-electron chi connectivity index (χ2n) is 6.60. The Hall–Kier alpha value is -3.03. The van der Waals surface area contributed by atoms with E-state index in [0.717, 1.165) is 28.1 Å². The van der Waals surface area contributed by atoms with Gasteiger partial charge in [-0.15, -0.1) is 0 Å². The van der Waals surface area contributed by atoms with Crippen LogP contribution in [-0.2, 0) is 6.54 Å². The van der Waals surface area contributed by atoms with Crippen LogP contribution < -0.4 is 14.8 Å². The van der Waals surface area contributed by atoms with E-state index < -0.39 is 0 Å². The highest BCUT2D eigenvalue weighted by molar-refractivity contribution is 6.35. The highest BCUT2D eigenvalue weighted by Crippen LogP contribution is 2.35. The molecule has 0 aliphatic carbocycles. The van der Waals surface area contributed by atoms with Gasteiger partial charge in [-0.3, -0.25) is 0 Å². The fourth-order valence-electron chi connectivity index (χ4n) is 3.29. The molecule has 0 saturated carbocycles. The van der Waals surface area contributed by atoms with Gasteiger partial charge in [0.25, 0.3) is 5.78 Å². The van der Waals surface area contributed by atoms with Crippen molar-refractivity contribution in [2.24, 2.45) is 0 Å². The average molecular weight is 444 g/mol. The Bertz CT molecular complexity index is 1200. The molecule has 7 nitrogen and oxygen atoms in total. The van der Waals surface area contributed by atoms with Gasteiger partial charge in [-0.1, -0.05) is 29.3 Å². The molecule has 1 N–H and O–H groups in total. The number of methoxy groups -OCH3 is 2. The lowest BCUT2D eigenvalue weighted by Gasteiger charge is -2.16.